The summed E-state index contributed by atoms with van der Waals surface area (Å²) >= 11 is 5.89. The third-order valence-electron chi connectivity index (χ3n) is 3.68. The number of nitrogens with one attached hydrogen (secondary N) is 1. The van der Waals surface area contributed by atoms with Crippen molar-refractivity contribution in [1.29, 1.82) is 0 Å². The van der Waals surface area contributed by atoms with Crippen molar-refractivity contribution >= 4 is 23.4 Å². The Hall–Kier alpha value is -2.33. The summed E-state index contributed by atoms with van der Waals surface area (Å²) in [6.45, 7) is 0.873. The smallest absolute Gasteiger partial charge is 0.312 e. The average molecular weight is 315 g/mol. The molecule has 0 aromatic heterocycles. The van der Waals surface area contributed by atoms with Gasteiger partial charge in [0.25, 0.3) is 0 Å². The second-order valence-corrected chi connectivity index (χ2v) is 5.69. The van der Waals surface area contributed by atoms with Crippen LogP contribution in [0.15, 0.2) is 54.6 Å². The van der Waals surface area contributed by atoms with Gasteiger partial charge in [0, 0.05) is 18.1 Å². The van der Waals surface area contributed by atoms with Gasteiger partial charge in [-0.25, -0.2) is 0 Å². The monoisotopic (exact) mass is 314 g/mol. The molecular weight excluding hydrogens is 300 g/mol. The molecule has 3 rings (SSSR count). The number of carbonyl (C=O) groups is 2. The molecule has 4 nitrogen and oxygen atoms in total. The molecule has 1 atom stereocenters. The lowest BCUT2D eigenvalue weighted by Crippen LogP contribution is -2.53. The first-order valence-electron chi connectivity index (χ1n) is 7.02. The maximum Gasteiger partial charge on any atom is 0.312 e. The van der Waals surface area contributed by atoms with Crippen LogP contribution >= 0.6 is 11.6 Å². The van der Waals surface area contributed by atoms with Crippen LogP contribution in [0.1, 0.15) is 17.2 Å². The van der Waals surface area contributed by atoms with Gasteiger partial charge in [0.05, 0.1) is 6.04 Å². The Morgan fingerprint density at radius 2 is 1.73 bits per heavy atom. The predicted molar refractivity (Wildman–Crippen MR) is 84.2 cm³/mol. The van der Waals surface area contributed by atoms with Crippen LogP contribution in [0, 0.1) is 0 Å². The lowest BCUT2D eigenvalue weighted by molar-refractivity contribution is -0.150. The third kappa shape index (κ3) is 3.12. The van der Waals surface area contributed by atoms with Crippen molar-refractivity contribution in [2.75, 3.05) is 6.54 Å². The fourth-order valence-corrected chi connectivity index (χ4v) is 2.66. The lowest BCUT2D eigenvalue weighted by Gasteiger charge is -2.33. The number of piperazine rings is 1. The Morgan fingerprint density at radius 1 is 1.05 bits per heavy atom. The molecule has 1 aliphatic heterocycles. The summed E-state index contributed by atoms with van der Waals surface area (Å²) in [6, 6.07) is 16.7. The van der Waals surface area contributed by atoms with Gasteiger partial charge in [0.15, 0.2) is 0 Å². The molecule has 1 unspecified atom stereocenters. The molecule has 0 spiro atoms. The van der Waals surface area contributed by atoms with Gasteiger partial charge in [-0.2, -0.15) is 0 Å². The molecule has 0 saturated carbocycles. The van der Waals surface area contributed by atoms with E-state index in [1.807, 2.05) is 42.5 Å². The highest BCUT2D eigenvalue weighted by Gasteiger charge is 2.32. The number of amides is 2. The van der Waals surface area contributed by atoms with E-state index in [4.69, 9.17) is 11.6 Å². The number of nitrogens with zero attached hydrogens (tertiary/aromatic N) is 1. The van der Waals surface area contributed by atoms with Crippen molar-refractivity contribution in [2.24, 2.45) is 0 Å². The molecule has 1 N–H and O–H groups in total. The van der Waals surface area contributed by atoms with E-state index in [2.05, 4.69) is 5.32 Å². The van der Waals surface area contributed by atoms with Crippen LogP contribution in [0.25, 0.3) is 0 Å². The van der Waals surface area contributed by atoms with Gasteiger partial charge in [-0.05, 0) is 23.3 Å². The van der Waals surface area contributed by atoms with Crippen molar-refractivity contribution in [3.05, 3.63) is 70.7 Å². The first-order valence-corrected chi connectivity index (χ1v) is 7.40. The lowest BCUT2D eigenvalue weighted by atomic mass is 10.0. The number of hydrogen-bond donors (Lipinski definition) is 1. The number of hydrogen-bond acceptors (Lipinski definition) is 2. The first kappa shape index (κ1) is 14.6. The first-order chi connectivity index (χ1) is 10.6. The Labute approximate surface area is 133 Å². The van der Waals surface area contributed by atoms with E-state index in [9.17, 15) is 9.59 Å². The Balaban J connectivity index is 1.79. The molecule has 1 fully saturated rings. The van der Waals surface area contributed by atoms with Gasteiger partial charge < -0.3 is 10.2 Å². The predicted octanol–water partition coefficient (Wildman–Crippen LogP) is 2.54. The van der Waals surface area contributed by atoms with Crippen molar-refractivity contribution in [2.45, 2.75) is 12.6 Å². The molecule has 2 amide bonds. The molecule has 1 heterocycles. The van der Waals surface area contributed by atoms with Gasteiger partial charge in [-0.3, -0.25) is 9.59 Å². The molecule has 2 aromatic rings. The van der Waals surface area contributed by atoms with E-state index < -0.39 is 11.8 Å². The fraction of sp³-hybridized carbons (Fsp3) is 0.176. The van der Waals surface area contributed by atoms with Crippen LogP contribution in [-0.2, 0) is 16.1 Å². The summed E-state index contributed by atoms with van der Waals surface area (Å²) < 4.78 is 0. The van der Waals surface area contributed by atoms with Gasteiger partial charge in [0.2, 0.25) is 0 Å². The third-order valence-corrected chi connectivity index (χ3v) is 3.93. The second kappa shape index (κ2) is 6.20. The maximum absolute atomic E-state index is 12.1. The van der Waals surface area contributed by atoms with Crippen LogP contribution in [0.2, 0.25) is 5.02 Å². The Kier molecular flexibility index (Phi) is 4.11. The van der Waals surface area contributed by atoms with Gasteiger partial charge >= 0.3 is 11.8 Å². The van der Waals surface area contributed by atoms with Crippen molar-refractivity contribution < 1.29 is 9.59 Å². The Bertz CT molecular complexity index is 686. The minimum absolute atomic E-state index is 0.217. The summed E-state index contributed by atoms with van der Waals surface area (Å²) in [4.78, 5) is 25.5. The molecule has 2 aromatic carbocycles. The zero-order valence-electron chi connectivity index (χ0n) is 11.8. The molecule has 5 heteroatoms. The zero-order chi connectivity index (χ0) is 15.5. The zero-order valence-corrected chi connectivity index (χ0v) is 12.6. The van der Waals surface area contributed by atoms with E-state index in [-0.39, 0.29) is 6.04 Å². The van der Waals surface area contributed by atoms with E-state index in [1.54, 1.807) is 17.0 Å². The summed E-state index contributed by atoms with van der Waals surface area (Å²) in [6.07, 6.45) is 0. The van der Waals surface area contributed by atoms with E-state index >= 15 is 0 Å². The standard InChI is InChI=1S/C17H15ClN2O2/c18-14-8-6-13(7-9-14)15-11-20(17(22)16(21)19-15)10-12-4-2-1-3-5-12/h1-9,15H,10-11H2,(H,19,21). The average Bonchev–Trinajstić information content (AvgIpc) is 2.53. The minimum atomic E-state index is -0.567. The number of benzene rings is 2. The summed E-state index contributed by atoms with van der Waals surface area (Å²) in [5.41, 5.74) is 1.93. The van der Waals surface area contributed by atoms with Crippen molar-refractivity contribution in [3.63, 3.8) is 0 Å². The maximum atomic E-state index is 12.1. The molecule has 112 valence electrons. The van der Waals surface area contributed by atoms with Crippen LogP contribution in [-0.4, -0.2) is 23.3 Å². The minimum Gasteiger partial charge on any atom is -0.339 e. The van der Waals surface area contributed by atoms with Crippen molar-refractivity contribution in [1.82, 2.24) is 10.2 Å². The molecular formula is C17H15ClN2O2. The SMILES string of the molecule is O=C1NC(c2ccc(Cl)cc2)CN(Cc2ccccc2)C1=O. The van der Waals surface area contributed by atoms with E-state index in [1.165, 1.54) is 0 Å². The summed E-state index contributed by atoms with van der Waals surface area (Å²) in [5, 5.41) is 3.39. The molecule has 0 aliphatic carbocycles. The molecule has 1 saturated heterocycles. The van der Waals surface area contributed by atoms with Gasteiger partial charge in [-0.15, -0.1) is 0 Å². The van der Waals surface area contributed by atoms with Crippen LogP contribution < -0.4 is 5.32 Å². The molecule has 0 radical (unpaired) electrons. The second-order valence-electron chi connectivity index (χ2n) is 5.25. The van der Waals surface area contributed by atoms with E-state index in [0.717, 1.165) is 11.1 Å². The van der Waals surface area contributed by atoms with Crippen LogP contribution in [0.4, 0.5) is 0 Å². The summed E-state index contributed by atoms with van der Waals surface area (Å²) in [5.74, 6) is -1.06. The summed E-state index contributed by atoms with van der Waals surface area (Å²) in [7, 11) is 0. The highest BCUT2D eigenvalue weighted by atomic mass is 35.5. The number of carbonyl (C=O) groups excluding carboxylic acids is 2. The topological polar surface area (TPSA) is 49.4 Å². The fourth-order valence-electron chi connectivity index (χ4n) is 2.54. The van der Waals surface area contributed by atoms with Crippen LogP contribution in [0.3, 0.4) is 0 Å². The number of rotatable bonds is 3. The number of halogens is 1. The quantitative estimate of drug-likeness (QED) is 0.885. The van der Waals surface area contributed by atoms with Crippen LogP contribution in [0.5, 0.6) is 0 Å². The normalized spacial score (nSPS) is 18.2. The molecule has 22 heavy (non-hydrogen) atoms. The molecule has 0 bridgehead atoms. The van der Waals surface area contributed by atoms with Gasteiger partial charge in [-0.1, -0.05) is 54.1 Å². The van der Waals surface area contributed by atoms with Gasteiger partial charge in [0.1, 0.15) is 0 Å². The highest BCUT2D eigenvalue weighted by Crippen LogP contribution is 2.21. The largest absolute Gasteiger partial charge is 0.339 e. The Morgan fingerprint density at radius 3 is 2.41 bits per heavy atom. The van der Waals surface area contributed by atoms with Crippen molar-refractivity contribution in [3.8, 4) is 0 Å². The highest BCUT2D eigenvalue weighted by molar-refractivity contribution is 6.35. The van der Waals surface area contributed by atoms with E-state index in [0.29, 0.717) is 18.1 Å². The molecule has 1 aliphatic rings.